The van der Waals surface area contributed by atoms with E-state index in [1.807, 2.05) is 0 Å². The van der Waals surface area contributed by atoms with Crippen molar-refractivity contribution in [2.75, 3.05) is 6.61 Å². The van der Waals surface area contributed by atoms with Gasteiger partial charge in [0.15, 0.2) is 17.7 Å². The van der Waals surface area contributed by atoms with Gasteiger partial charge in [-0.1, -0.05) is 49.3 Å². The molecule has 2 aliphatic heterocycles. The number of cyclic esters (lactones) is 1. The van der Waals surface area contributed by atoms with Gasteiger partial charge >= 0.3 is 11.9 Å². The predicted octanol–water partition coefficient (Wildman–Crippen LogP) is 5.29. The summed E-state index contributed by atoms with van der Waals surface area (Å²) in [4.78, 5) is 35.2. The summed E-state index contributed by atoms with van der Waals surface area (Å²) in [5, 5.41) is 8.57. The molecule has 190 valence electrons. The maximum Gasteiger partial charge on any atom is 0.317 e. The van der Waals surface area contributed by atoms with Crippen molar-refractivity contribution in [3.8, 4) is 0 Å². The van der Waals surface area contributed by atoms with Crippen molar-refractivity contribution in [2.24, 2.45) is 5.92 Å². The minimum absolute atomic E-state index is 0.170. The molecule has 0 amide bonds. The van der Waals surface area contributed by atoms with Gasteiger partial charge in [0.2, 0.25) is 0 Å². The summed E-state index contributed by atoms with van der Waals surface area (Å²) >= 11 is 0. The van der Waals surface area contributed by atoms with E-state index in [9.17, 15) is 14.4 Å². The second-order valence-corrected chi connectivity index (χ2v) is 9.34. The minimum atomic E-state index is -0.838. The molecule has 0 bridgehead atoms. The lowest BCUT2D eigenvalue weighted by atomic mass is 9.94. The van der Waals surface area contributed by atoms with Gasteiger partial charge in [0, 0.05) is 6.42 Å². The minimum Gasteiger partial charge on any atom is -0.481 e. The highest BCUT2D eigenvalue weighted by Crippen LogP contribution is 2.32. The zero-order valence-corrected chi connectivity index (χ0v) is 20.6. The number of aliphatic carboxylic acids is 1. The van der Waals surface area contributed by atoms with Gasteiger partial charge in [0.1, 0.15) is 12.0 Å². The smallest absolute Gasteiger partial charge is 0.317 e. The van der Waals surface area contributed by atoms with Crippen LogP contribution in [0.3, 0.4) is 0 Å². The van der Waals surface area contributed by atoms with Crippen molar-refractivity contribution in [1.29, 1.82) is 0 Å². The van der Waals surface area contributed by atoms with Gasteiger partial charge in [-0.15, -0.1) is 0 Å². The van der Waals surface area contributed by atoms with E-state index >= 15 is 0 Å². The number of carboxylic acid groups (broad SMARTS) is 1. The van der Waals surface area contributed by atoms with Crippen LogP contribution < -0.4 is 0 Å². The molecule has 7 nitrogen and oxygen atoms in total. The van der Waals surface area contributed by atoms with Crippen LogP contribution in [0.2, 0.25) is 0 Å². The number of carbonyl (C=O) groups excluding carboxylic acids is 2. The van der Waals surface area contributed by atoms with Gasteiger partial charge in [-0.05, 0) is 65.2 Å². The number of hydrogen-bond donors (Lipinski definition) is 1. The molecule has 3 unspecified atom stereocenters. The standard InChI is InChI=1S/C27H40O7/c1-27(2)32-20-22(34-27)25-24(30)21(26(31)33-25)18-16-14-12-10-8-6-4-3-5-7-9-11-13-15-17-19-23(28)29/h3,5-6,8-9,11,21-22,25H,4,7,10,12-20H2,1-2H3,(H,28,29). The van der Waals surface area contributed by atoms with Gasteiger partial charge in [0.05, 0.1) is 6.61 Å². The SMILES string of the molecule is CC1(C)OCC(C2OC(=O)C(CCCCCC=CCC=CCC=CCCCCC(=O)O)C2=O)O1. The Balaban J connectivity index is 1.48. The molecule has 34 heavy (non-hydrogen) atoms. The zero-order chi connectivity index (χ0) is 24.8. The fraction of sp³-hybridized carbons (Fsp3) is 0.667. The van der Waals surface area contributed by atoms with Crippen LogP contribution >= 0.6 is 0 Å². The molecule has 2 heterocycles. The topological polar surface area (TPSA) is 99.1 Å². The van der Waals surface area contributed by atoms with Crippen LogP contribution in [-0.4, -0.2) is 47.4 Å². The highest BCUT2D eigenvalue weighted by Gasteiger charge is 2.50. The lowest BCUT2D eigenvalue weighted by Crippen LogP contribution is -2.36. The molecule has 3 atom stereocenters. The maximum atomic E-state index is 12.6. The number of allylic oxidation sites excluding steroid dienone is 6. The number of carboxylic acids is 1. The first-order valence-corrected chi connectivity index (χ1v) is 12.5. The Morgan fingerprint density at radius 2 is 1.56 bits per heavy atom. The normalized spacial score (nSPS) is 24.7. The average molecular weight is 477 g/mol. The number of esters is 1. The molecule has 0 aromatic rings. The summed E-state index contributed by atoms with van der Waals surface area (Å²) in [6.45, 7) is 3.83. The second-order valence-electron chi connectivity index (χ2n) is 9.34. The molecule has 0 aromatic heterocycles. The van der Waals surface area contributed by atoms with Crippen LogP contribution in [0.15, 0.2) is 36.5 Å². The first-order valence-electron chi connectivity index (χ1n) is 12.5. The average Bonchev–Trinajstić information content (AvgIpc) is 3.28. The largest absolute Gasteiger partial charge is 0.481 e. The van der Waals surface area contributed by atoms with Gasteiger partial charge in [-0.25, -0.2) is 0 Å². The van der Waals surface area contributed by atoms with Gasteiger partial charge < -0.3 is 19.3 Å². The predicted molar refractivity (Wildman–Crippen MR) is 129 cm³/mol. The Hall–Kier alpha value is -2.25. The Morgan fingerprint density at radius 1 is 0.941 bits per heavy atom. The molecule has 7 heteroatoms. The molecular formula is C27H40O7. The van der Waals surface area contributed by atoms with E-state index in [0.717, 1.165) is 57.8 Å². The van der Waals surface area contributed by atoms with E-state index < -0.39 is 35.9 Å². The summed E-state index contributed by atoms with van der Waals surface area (Å²) in [7, 11) is 0. The fourth-order valence-electron chi connectivity index (χ4n) is 4.07. The van der Waals surface area contributed by atoms with E-state index in [0.29, 0.717) is 6.42 Å². The van der Waals surface area contributed by atoms with Crippen molar-refractivity contribution in [1.82, 2.24) is 0 Å². The fourth-order valence-corrected chi connectivity index (χ4v) is 4.07. The number of ketones is 1. The Morgan fingerprint density at radius 3 is 2.15 bits per heavy atom. The van der Waals surface area contributed by atoms with Gasteiger partial charge in [-0.2, -0.15) is 0 Å². The molecule has 1 N–H and O–H groups in total. The monoisotopic (exact) mass is 476 g/mol. The third kappa shape index (κ3) is 10.3. The number of hydrogen-bond acceptors (Lipinski definition) is 6. The lowest BCUT2D eigenvalue weighted by Gasteiger charge is -2.19. The zero-order valence-electron chi connectivity index (χ0n) is 20.6. The first-order chi connectivity index (χ1) is 16.3. The highest BCUT2D eigenvalue weighted by atomic mass is 16.8. The molecule has 2 aliphatic rings. The number of unbranched alkanes of at least 4 members (excludes halogenated alkanes) is 5. The van der Waals surface area contributed by atoms with Gasteiger partial charge in [0.25, 0.3) is 0 Å². The van der Waals surface area contributed by atoms with Crippen LogP contribution in [-0.2, 0) is 28.6 Å². The van der Waals surface area contributed by atoms with Crippen LogP contribution in [0.1, 0.15) is 84.5 Å². The van der Waals surface area contributed by atoms with Crippen molar-refractivity contribution in [2.45, 2.75) is 102 Å². The quantitative estimate of drug-likeness (QED) is 0.140. The summed E-state index contributed by atoms with van der Waals surface area (Å²) in [6.07, 6.45) is 20.4. The molecule has 0 aromatic carbocycles. The summed E-state index contributed by atoms with van der Waals surface area (Å²) < 4.78 is 16.5. The maximum absolute atomic E-state index is 12.6. The second kappa shape index (κ2) is 14.9. The molecule has 0 radical (unpaired) electrons. The Bertz CT molecular complexity index is 750. The van der Waals surface area contributed by atoms with Crippen molar-refractivity contribution in [3.05, 3.63) is 36.5 Å². The van der Waals surface area contributed by atoms with Crippen LogP contribution in [0.25, 0.3) is 0 Å². The third-order valence-electron chi connectivity index (χ3n) is 5.94. The molecule has 2 rings (SSSR count). The lowest BCUT2D eigenvalue weighted by molar-refractivity contribution is -0.164. The summed E-state index contributed by atoms with van der Waals surface area (Å²) in [5.74, 6) is -2.74. The van der Waals surface area contributed by atoms with Crippen molar-refractivity contribution in [3.63, 3.8) is 0 Å². The highest BCUT2D eigenvalue weighted by molar-refractivity contribution is 6.06. The molecule has 2 saturated heterocycles. The van der Waals surface area contributed by atoms with Gasteiger partial charge in [-0.3, -0.25) is 14.4 Å². The summed E-state index contributed by atoms with van der Waals surface area (Å²) in [6, 6.07) is 0. The van der Waals surface area contributed by atoms with E-state index in [-0.39, 0.29) is 18.8 Å². The summed E-state index contributed by atoms with van der Waals surface area (Å²) in [5.41, 5.74) is 0. The van der Waals surface area contributed by atoms with Crippen LogP contribution in [0.4, 0.5) is 0 Å². The molecular weight excluding hydrogens is 436 g/mol. The van der Waals surface area contributed by atoms with Crippen LogP contribution in [0.5, 0.6) is 0 Å². The molecule has 0 saturated carbocycles. The number of rotatable bonds is 16. The van der Waals surface area contributed by atoms with E-state index in [4.69, 9.17) is 19.3 Å². The number of ether oxygens (including phenoxy) is 3. The molecule has 0 spiro atoms. The van der Waals surface area contributed by atoms with Crippen molar-refractivity contribution < 1.29 is 33.7 Å². The van der Waals surface area contributed by atoms with Crippen LogP contribution in [0, 0.1) is 5.92 Å². The number of Topliss-reactive ketones (excluding diaryl/α,β-unsaturated/α-hetero) is 1. The van der Waals surface area contributed by atoms with E-state index in [1.54, 1.807) is 13.8 Å². The Labute approximate surface area is 203 Å². The third-order valence-corrected chi connectivity index (χ3v) is 5.94. The first kappa shape index (κ1) is 28.0. The van der Waals surface area contributed by atoms with E-state index in [1.165, 1.54) is 0 Å². The van der Waals surface area contributed by atoms with Crippen molar-refractivity contribution >= 4 is 17.7 Å². The molecule has 2 fully saturated rings. The molecule has 0 aliphatic carbocycles. The van der Waals surface area contributed by atoms with E-state index in [2.05, 4.69) is 36.5 Å². The Kier molecular flexibility index (Phi) is 12.3. The number of carbonyl (C=O) groups is 3.